The smallest absolute Gasteiger partial charge is 0.226 e. The standard InChI is InChI=1S/C30H28N6OS2/c1-19-12-13-20(2)23(18-19)32-26(37)14-17-36-28(27(34-29(36)38)22-9-5-6-15-31-22)24-10-7-16-35(24)30-33-21-8-3-4-11-25(21)39-30/h3-13,15-16,18,27-28H,14,17H2,1-2H3,(H,32,37)(H,34,38)/t27-,28-/m0/s1. The lowest BCUT2D eigenvalue weighted by Crippen LogP contribution is -2.33. The van der Waals surface area contributed by atoms with Gasteiger partial charge in [0.15, 0.2) is 10.2 Å². The average molecular weight is 553 g/mol. The van der Waals surface area contributed by atoms with Crippen molar-refractivity contribution < 1.29 is 4.79 Å². The van der Waals surface area contributed by atoms with Crippen molar-refractivity contribution in [3.8, 4) is 5.13 Å². The summed E-state index contributed by atoms with van der Waals surface area (Å²) < 4.78 is 3.26. The number of aromatic nitrogens is 3. The summed E-state index contributed by atoms with van der Waals surface area (Å²) in [5.74, 6) is -0.0481. The Labute approximate surface area is 236 Å². The molecule has 0 bridgehead atoms. The molecule has 39 heavy (non-hydrogen) atoms. The Bertz CT molecular complexity index is 1630. The van der Waals surface area contributed by atoms with Crippen molar-refractivity contribution in [3.05, 3.63) is 108 Å². The summed E-state index contributed by atoms with van der Waals surface area (Å²) in [4.78, 5) is 24.7. The quantitative estimate of drug-likeness (QED) is 0.238. The van der Waals surface area contributed by atoms with Crippen LogP contribution in [0, 0.1) is 13.8 Å². The van der Waals surface area contributed by atoms with E-state index < -0.39 is 0 Å². The molecular weight excluding hydrogens is 525 g/mol. The molecule has 5 aromatic rings. The highest BCUT2D eigenvalue weighted by atomic mass is 32.1. The minimum Gasteiger partial charge on any atom is -0.352 e. The van der Waals surface area contributed by atoms with Gasteiger partial charge in [0.1, 0.15) is 0 Å². The first kappa shape index (κ1) is 25.2. The summed E-state index contributed by atoms with van der Waals surface area (Å²) in [5.41, 5.74) is 5.88. The van der Waals surface area contributed by atoms with Crippen molar-refractivity contribution in [1.29, 1.82) is 0 Å². The van der Waals surface area contributed by atoms with Crippen LogP contribution in [0.4, 0.5) is 5.69 Å². The van der Waals surface area contributed by atoms with Crippen LogP contribution in [0.3, 0.4) is 0 Å². The summed E-state index contributed by atoms with van der Waals surface area (Å²) in [5, 5.41) is 8.06. The van der Waals surface area contributed by atoms with Gasteiger partial charge in [-0.2, -0.15) is 0 Å². The van der Waals surface area contributed by atoms with E-state index in [0.717, 1.165) is 43.6 Å². The molecule has 0 saturated carbocycles. The van der Waals surface area contributed by atoms with Gasteiger partial charge in [-0.15, -0.1) is 0 Å². The molecule has 2 N–H and O–H groups in total. The number of rotatable bonds is 7. The first-order chi connectivity index (χ1) is 19.0. The molecule has 0 unspecified atom stereocenters. The van der Waals surface area contributed by atoms with E-state index in [1.54, 1.807) is 17.5 Å². The maximum Gasteiger partial charge on any atom is 0.226 e. The molecule has 4 heterocycles. The first-order valence-electron chi connectivity index (χ1n) is 12.9. The van der Waals surface area contributed by atoms with Gasteiger partial charge < -0.3 is 15.5 Å². The van der Waals surface area contributed by atoms with Crippen LogP contribution in [-0.4, -0.2) is 37.0 Å². The van der Waals surface area contributed by atoms with Gasteiger partial charge >= 0.3 is 0 Å². The molecule has 196 valence electrons. The number of fused-ring (bicyclic) bond motifs is 1. The number of nitrogens with one attached hydrogen (secondary N) is 2. The number of thiocarbonyl (C=S) groups is 1. The number of pyridine rings is 1. The average Bonchev–Trinajstić information content (AvgIpc) is 3.66. The van der Waals surface area contributed by atoms with Crippen LogP contribution in [0.25, 0.3) is 15.3 Å². The van der Waals surface area contributed by atoms with E-state index in [9.17, 15) is 4.79 Å². The van der Waals surface area contributed by atoms with Crippen molar-refractivity contribution in [2.45, 2.75) is 32.4 Å². The SMILES string of the molecule is Cc1ccc(C)c(NC(=O)CCN2C(=S)N[C@@H](c3ccccn3)[C@@H]2c2cccn2-c2nc3ccccc3s2)c1. The maximum absolute atomic E-state index is 13.0. The number of thiazole rings is 1. The van der Waals surface area contributed by atoms with Crippen LogP contribution in [0.15, 0.2) is 85.2 Å². The fraction of sp³-hybridized carbons (Fsp3) is 0.200. The number of aryl methyl sites for hydroxylation is 2. The number of carbonyl (C=O) groups is 1. The van der Waals surface area contributed by atoms with Crippen LogP contribution in [0.1, 0.15) is 41.0 Å². The molecule has 1 aliphatic rings. The summed E-state index contributed by atoms with van der Waals surface area (Å²) >= 11 is 7.48. The largest absolute Gasteiger partial charge is 0.352 e. The molecular formula is C30H28N6OS2. The second kappa shape index (κ2) is 10.6. The fourth-order valence-electron chi connectivity index (χ4n) is 5.05. The van der Waals surface area contributed by atoms with Gasteiger partial charge in [0, 0.05) is 31.0 Å². The van der Waals surface area contributed by atoms with Gasteiger partial charge in [-0.05, 0) is 79.7 Å². The Kier molecular flexibility index (Phi) is 6.85. The number of amides is 1. The van der Waals surface area contributed by atoms with Gasteiger partial charge in [-0.1, -0.05) is 41.7 Å². The minimum atomic E-state index is -0.178. The van der Waals surface area contributed by atoms with Crippen LogP contribution in [0.2, 0.25) is 0 Å². The Hall–Kier alpha value is -4.08. The van der Waals surface area contributed by atoms with E-state index >= 15 is 0 Å². The summed E-state index contributed by atoms with van der Waals surface area (Å²) in [6.07, 6.45) is 4.13. The number of para-hydroxylation sites is 1. The van der Waals surface area contributed by atoms with Crippen LogP contribution < -0.4 is 10.6 Å². The number of hydrogen-bond acceptors (Lipinski definition) is 5. The highest BCUT2D eigenvalue weighted by molar-refractivity contribution is 7.80. The molecule has 1 amide bonds. The Morgan fingerprint density at radius 2 is 1.92 bits per heavy atom. The normalized spacial score (nSPS) is 17.0. The molecule has 9 heteroatoms. The van der Waals surface area contributed by atoms with Gasteiger partial charge in [0.05, 0.1) is 33.7 Å². The van der Waals surface area contributed by atoms with Crippen molar-refractivity contribution in [2.24, 2.45) is 0 Å². The van der Waals surface area contributed by atoms with E-state index in [0.29, 0.717) is 18.1 Å². The predicted molar refractivity (Wildman–Crippen MR) is 160 cm³/mol. The summed E-state index contributed by atoms with van der Waals surface area (Å²) in [6, 6.07) is 23.9. The second-order valence-corrected chi connectivity index (χ2v) is 11.1. The number of nitrogens with zero attached hydrogens (tertiary/aromatic N) is 4. The van der Waals surface area contributed by atoms with Crippen LogP contribution in [-0.2, 0) is 4.79 Å². The molecule has 0 spiro atoms. The van der Waals surface area contributed by atoms with Crippen molar-refractivity contribution in [1.82, 2.24) is 24.8 Å². The Balaban J connectivity index is 1.31. The Morgan fingerprint density at radius 3 is 2.74 bits per heavy atom. The topological polar surface area (TPSA) is 75.1 Å². The van der Waals surface area contributed by atoms with Gasteiger partial charge in [-0.25, -0.2) is 4.98 Å². The molecule has 6 rings (SSSR count). The lowest BCUT2D eigenvalue weighted by Gasteiger charge is -2.28. The number of anilines is 1. The molecule has 3 aromatic heterocycles. The monoisotopic (exact) mass is 552 g/mol. The lowest BCUT2D eigenvalue weighted by atomic mass is 10.0. The third kappa shape index (κ3) is 5.03. The summed E-state index contributed by atoms with van der Waals surface area (Å²) in [6.45, 7) is 4.48. The fourth-order valence-corrected chi connectivity index (χ4v) is 6.35. The molecule has 2 atom stereocenters. The third-order valence-corrected chi connectivity index (χ3v) is 8.40. The third-order valence-electron chi connectivity index (χ3n) is 7.02. The predicted octanol–water partition coefficient (Wildman–Crippen LogP) is 6.10. The molecule has 1 fully saturated rings. The van der Waals surface area contributed by atoms with E-state index in [1.807, 2.05) is 80.7 Å². The highest BCUT2D eigenvalue weighted by Gasteiger charge is 2.41. The van der Waals surface area contributed by atoms with E-state index in [2.05, 4.69) is 37.2 Å². The number of carbonyl (C=O) groups excluding carboxylic acids is 1. The number of benzene rings is 2. The second-order valence-electron chi connectivity index (χ2n) is 9.70. The number of hydrogen-bond donors (Lipinski definition) is 2. The van der Waals surface area contributed by atoms with Crippen LogP contribution in [0.5, 0.6) is 0 Å². The molecule has 1 aliphatic heterocycles. The van der Waals surface area contributed by atoms with Crippen molar-refractivity contribution in [2.75, 3.05) is 11.9 Å². The molecule has 1 saturated heterocycles. The van der Waals surface area contributed by atoms with E-state index in [4.69, 9.17) is 17.2 Å². The van der Waals surface area contributed by atoms with Crippen LogP contribution >= 0.6 is 23.6 Å². The van der Waals surface area contributed by atoms with Crippen molar-refractivity contribution >= 4 is 50.5 Å². The van der Waals surface area contributed by atoms with Gasteiger partial charge in [0.2, 0.25) is 5.91 Å². The van der Waals surface area contributed by atoms with Crippen molar-refractivity contribution in [3.63, 3.8) is 0 Å². The zero-order valence-corrected chi connectivity index (χ0v) is 23.3. The maximum atomic E-state index is 13.0. The zero-order valence-electron chi connectivity index (χ0n) is 21.7. The molecule has 0 aliphatic carbocycles. The highest BCUT2D eigenvalue weighted by Crippen LogP contribution is 2.40. The molecule has 7 nitrogen and oxygen atoms in total. The van der Waals surface area contributed by atoms with E-state index in [1.165, 1.54) is 0 Å². The van der Waals surface area contributed by atoms with Gasteiger partial charge in [0.25, 0.3) is 0 Å². The minimum absolute atomic E-state index is 0.0481. The molecule has 0 radical (unpaired) electrons. The zero-order chi connectivity index (χ0) is 26.9. The summed E-state index contributed by atoms with van der Waals surface area (Å²) in [7, 11) is 0. The Morgan fingerprint density at radius 1 is 1.08 bits per heavy atom. The van der Waals surface area contributed by atoms with Gasteiger partial charge in [-0.3, -0.25) is 14.3 Å². The first-order valence-corrected chi connectivity index (χ1v) is 14.1. The molecule has 2 aromatic carbocycles. The lowest BCUT2D eigenvalue weighted by molar-refractivity contribution is -0.116. The van der Waals surface area contributed by atoms with E-state index in [-0.39, 0.29) is 18.0 Å².